The first-order valence-corrected chi connectivity index (χ1v) is 7.55. The van der Waals surface area contributed by atoms with Crippen LogP contribution in [0, 0.1) is 6.92 Å². The second-order valence-corrected chi connectivity index (χ2v) is 5.23. The van der Waals surface area contributed by atoms with Crippen LogP contribution >= 0.6 is 0 Å². The molecule has 6 heteroatoms. The summed E-state index contributed by atoms with van der Waals surface area (Å²) < 4.78 is 5.81. The van der Waals surface area contributed by atoms with Crippen LogP contribution in [0.3, 0.4) is 0 Å². The minimum absolute atomic E-state index is 0.0213. The SMILES string of the molecule is Cc1nnn(C(CCN)c2ccc(Oc3ccccc3)cc2)n1. The first kappa shape index (κ1) is 15.2. The van der Waals surface area contributed by atoms with Gasteiger partial charge in [-0.1, -0.05) is 30.3 Å². The first-order valence-electron chi connectivity index (χ1n) is 7.55. The van der Waals surface area contributed by atoms with Gasteiger partial charge in [0.15, 0.2) is 5.82 Å². The van der Waals surface area contributed by atoms with E-state index < -0.39 is 0 Å². The molecule has 1 heterocycles. The van der Waals surface area contributed by atoms with Gasteiger partial charge in [0.2, 0.25) is 0 Å². The van der Waals surface area contributed by atoms with Gasteiger partial charge in [0, 0.05) is 0 Å². The third-order valence-electron chi connectivity index (χ3n) is 3.49. The van der Waals surface area contributed by atoms with Crippen LogP contribution in [0.4, 0.5) is 0 Å². The standard InChI is InChI=1S/C17H19N5O/c1-13-19-21-22(20-13)17(11-12-18)14-7-9-16(10-8-14)23-15-5-3-2-4-6-15/h2-10,17H,11-12,18H2,1H3. The van der Waals surface area contributed by atoms with Crippen molar-refractivity contribution < 1.29 is 4.74 Å². The molecule has 0 aliphatic rings. The second kappa shape index (κ2) is 7.02. The predicted molar refractivity (Wildman–Crippen MR) is 87.3 cm³/mol. The lowest BCUT2D eigenvalue weighted by Crippen LogP contribution is -2.18. The van der Waals surface area contributed by atoms with E-state index in [1.807, 2.05) is 61.5 Å². The second-order valence-electron chi connectivity index (χ2n) is 5.23. The molecule has 0 saturated carbocycles. The van der Waals surface area contributed by atoms with Gasteiger partial charge in [-0.3, -0.25) is 0 Å². The maximum atomic E-state index is 5.81. The Morgan fingerprint density at radius 1 is 1.04 bits per heavy atom. The van der Waals surface area contributed by atoms with E-state index in [-0.39, 0.29) is 6.04 Å². The number of rotatable bonds is 6. The average Bonchev–Trinajstić information content (AvgIpc) is 3.01. The molecule has 2 aromatic carbocycles. The van der Waals surface area contributed by atoms with Gasteiger partial charge in [0.1, 0.15) is 11.5 Å². The molecule has 0 amide bonds. The fourth-order valence-electron chi connectivity index (χ4n) is 2.39. The molecule has 1 atom stereocenters. The van der Waals surface area contributed by atoms with Crippen LogP contribution in [-0.2, 0) is 0 Å². The van der Waals surface area contributed by atoms with E-state index in [2.05, 4.69) is 15.4 Å². The molecular formula is C17H19N5O. The summed E-state index contributed by atoms with van der Waals surface area (Å²) in [6.45, 7) is 2.37. The molecule has 0 fully saturated rings. The lowest BCUT2D eigenvalue weighted by molar-refractivity contribution is 0.429. The van der Waals surface area contributed by atoms with Crippen molar-refractivity contribution in [3.8, 4) is 11.5 Å². The molecule has 1 unspecified atom stereocenters. The number of aromatic nitrogens is 4. The molecule has 2 N–H and O–H groups in total. The van der Waals surface area contributed by atoms with Gasteiger partial charge in [-0.15, -0.1) is 10.2 Å². The number of aryl methyl sites for hydroxylation is 1. The van der Waals surface area contributed by atoms with Crippen molar-refractivity contribution in [2.45, 2.75) is 19.4 Å². The van der Waals surface area contributed by atoms with Gasteiger partial charge in [0.05, 0.1) is 6.04 Å². The van der Waals surface area contributed by atoms with Crippen LogP contribution in [0.25, 0.3) is 0 Å². The molecule has 0 bridgehead atoms. The number of nitrogens with two attached hydrogens (primary N) is 1. The Bertz CT molecular complexity index is 739. The summed E-state index contributed by atoms with van der Waals surface area (Å²) in [4.78, 5) is 1.62. The summed E-state index contributed by atoms with van der Waals surface area (Å²) >= 11 is 0. The third kappa shape index (κ3) is 3.73. The Kier molecular flexibility index (Phi) is 4.63. The summed E-state index contributed by atoms with van der Waals surface area (Å²) in [7, 11) is 0. The zero-order valence-corrected chi connectivity index (χ0v) is 13.0. The van der Waals surface area contributed by atoms with Crippen LogP contribution in [0.1, 0.15) is 23.9 Å². The molecule has 3 rings (SSSR count). The lowest BCUT2D eigenvalue weighted by atomic mass is 10.0. The summed E-state index contributed by atoms with van der Waals surface area (Å²) in [5, 5.41) is 12.3. The minimum Gasteiger partial charge on any atom is -0.457 e. The molecular weight excluding hydrogens is 290 g/mol. The highest BCUT2D eigenvalue weighted by molar-refractivity contribution is 5.34. The molecule has 23 heavy (non-hydrogen) atoms. The van der Waals surface area contributed by atoms with Gasteiger partial charge in [-0.25, -0.2) is 0 Å². The Hall–Kier alpha value is -2.73. The number of para-hydroxylation sites is 1. The van der Waals surface area contributed by atoms with E-state index in [4.69, 9.17) is 10.5 Å². The monoisotopic (exact) mass is 309 g/mol. The van der Waals surface area contributed by atoms with Crippen LogP contribution in [-0.4, -0.2) is 26.8 Å². The fraction of sp³-hybridized carbons (Fsp3) is 0.235. The van der Waals surface area contributed by atoms with Crippen molar-refractivity contribution in [2.24, 2.45) is 5.73 Å². The number of hydrogen-bond donors (Lipinski definition) is 1. The van der Waals surface area contributed by atoms with Gasteiger partial charge in [0.25, 0.3) is 0 Å². The number of ether oxygens (including phenoxy) is 1. The summed E-state index contributed by atoms with van der Waals surface area (Å²) in [6, 6.07) is 17.6. The average molecular weight is 309 g/mol. The zero-order chi connectivity index (χ0) is 16.1. The predicted octanol–water partition coefficient (Wildman–Crippen LogP) is 2.71. The lowest BCUT2D eigenvalue weighted by Gasteiger charge is -2.15. The molecule has 1 aromatic heterocycles. The summed E-state index contributed by atoms with van der Waals surface area (Å²) in [5.74, 6) is 2.25. The molecule has 0 aliphatic carbocycles. The normalized spacial score (nSPS) is 12.1. The third-order valence-corrected chi connectivity index (χ3v) is 3.49. The largest absolute Gasteiger partial charge is 0.457 e. The number of nitrogens with zero attached hydrogens (tertiary/aromatic N) is 4. The first-order chi connectivity index (χ1) is 11.3. The van der Waals surface area contributed by atoms with E-state index in [1.165, 1.54) is 0 Å². The Morgan fingerprint density at radius 2 is 1.74 bits per heavy atom. The highest BCUT2D eigenvalue weighted by Crippen LogP contribution is 2.25. The molecule has 0 spiro atoms. The Morgan fingerprint density at radius 3 is 2.35 bits per heavy atom. The van der Waals surface area contributed by atoms with Crippen LogP contribution in [0.2, 0.25) is 0 Å². The van der Waals surface area contributed by atoms with Crippen molar-refractivity contribution in [3.05, 3.63) is 66.0 Å². The Balaban J connectivity index is 1.79. The minimum atomic E-state index is -0.0213. The number of tetrazole rings is 1. The van der Waals surface area contributed by atoms with Crippen LogP contribution in [0.15, 0.2) is 54.6 Å². The van der Waals surface area contributed by atoms with Crippen molar-refractivity contribution in [1.82, 2.24) is 20.2 Å². The maximum absolute atomic E-state index is 5.81. The zero-order valence-electron chi connectivity index (χ0n) is 13.0. The van der Waals surface area contributed by atoms with Gasteiger partial charge in [-0.2, -0.15) is 4.80 Å². The highest BCUT2D eigenvalue weighted by Gasteiger charge is 2.16. The molecule has 0 aliphatic heterocycles. The van der Waals surface area contributed by atoms with Crippen LogP contribution in [0.5, 0.6) is 11.5 Å². The van der Waals surface area contributed by atoms with E-state index in [9.17, 15) is 0 Å². The van der Waals surface area contributed by atoms with Crippen molar-refractivity contribution in [3.63, 3.8) is 0 Å². The molecule has 6 nitrogen and oxygen atoms in total. The quantitative estimate of drug-likeness (QED) is 0.757. The molecule has 0 radical (unpaired) electrons. The van der Waals surface area contributed by atoms with Gasteiger partial charge >= 0.3 is 0 Å². The number of benzene rings is 2. The highest BCUT2D eigenvalue weighted by atomic mass is 16.5. The van der Waals surface area contributed by atoms with E-state index in [0.717, 1.165) is 23.5 Å². The topological polar surface area (TPSA) is 78.9 Å². The Labute approximate surface area is 134 Å². The number of hydrogen-bond acceptors (Lipinski definition) is 5. The van der Waals surface area contributed by atoms with E-state index in [1.54, 1.807) is 4.80 Å². The fourth-order valence-corrected chi connectivity index (χ4v) is 2.39. The van der Waals surface area contributed by atoms with Crippen LogP contribution < -0.4 is 10.5 Å². The van der Waals surface area contributed by atoms with Crippen molar-refractivity contribution >= 4 is 0 Å². The van der Waals surface area contributed by atoms with Gasteiger partial charge in [-0.05, 0) is 54.9 Å². The maximum Gasteiger partial charge on any atom is 0.171 e. The van der Waals surface area contributed by atoms with Gasteiger partial charge < -0.3 is 10.5 Å². The van der Waals surface area contributed by atoms with E-state index >= 15 is 0 Å². The van der Waals surface area contributed by atoms with Crippen molar-refractivity contribution in [1.29, 1.82) is 0 Å². The molecule has 3 aromatic rings. The molecule has 0 saturated heterocycles. The summed E-state index contributed by atoms with van der Waals surface area (Å²) in [5.41, 5.74) is 6.81. The summed E-state index contributed by atoms with van der Waals surface area (Å²) in [6.07, 6.45) is 0.745. The molecule has 118 valence electrons. The van der Waals surface area contributed by atoms with Crippen molar-refractivity contribution in [2.75, 3.05) is 6.54 Å². The smallest absolute Gasteiger partial charge is 0.171 e. The van der Waals surface area contributed by atoms with E-state index in [0.29, 0.717) is 12.4 Å².